The van der Waals surface area contributed by atoms with Crippen LogP contribution in [0.3, 0.4) is 0 Å². The van der Waals surface area contributed by atoms with Gasteiger partial charge in [-0.2, -0.15) is 0 Å². The van der Waals surface area contributed by atoms with Crippen molar-refractivity contribution in [1.29, 1.82) is 0 Å². The van der Waals surface area contributed by atoms with E-state index >= 15 is 0 Å². The predicted octanol–water partition coefficient (Wildman–Crippen LogP) is 4.63. The summed E-state index contributed by atoms with van der Waals surface area (Å²) in [6.07, 6.45) is 1.93. The molecule has 0 spiro atoms. The average molecular weight is 270 g/mol. The summed E-state index contributed by atoms with van der Waals surface area (Å²) in [5.74, 6) is 0. The molecule has 0 fully saturated rings. The van der Waals surface area contributed by atoms with E-state index in [-0.39, 0.29) is 0 Å². The highest BCUT2D eigenvalue weighted by Gasteiger charge is 1.99. The Kier molecular flexibility index (Phi) is 5.43. The molecule has 0 unspecified atom stereocenters. The molecule has 2 rings (SSSR count). The Hall–Kier alpha value is -1.70. The third-order valence-corrected chi connectivity index (χ3v) is 4.06. The minimum absolute atomic E-state index is 1.14. The summed E-state index contributed by atoms with van der Waals surface area (Å²) in [5, 5.41) is 0. The van der Waals surface area contributed by atoms with Crippen molar-refractivity contribution in [2.75, 3.05) is 0 Å². The van der Waals surface area contributed by atoms with Crippen molar-refractivity contribution in [3.8, 4) is 0 Å². The van der Waals surface area contributed by atoms with Gasteiger partial charge in [0.25, 0.3) is 0 Å². The molecule has 0 aliphatic carbocycles. The molecular weight excluding hydrogens is 244 g/mol. The summed E-state index contributed by atoms with van der Waals surface area (Å²) in [6, 6.07) is 2.18. The Bertz CT molecular complexity index is 536. The highest BCUT2D eigenvalue weighted by Crippen LogP contribution is 2.12. The summed E-state index contributed by atoms with van der Waals surface area (Å²) >= 11 is 0. The molecule has 0 radical (unpaired) electrons. The van der Waals surface area contributed by atoms with Gasteiger partial charge in [0.05, 0.1) is 0 Å². The Morgan fingerprint density at radius 1 is 0.600 bits per heavy atom. The van der Waals surface area contributed by atoms with Gasteiger partial charge in [0, 0.05) is 23.3 Å². The maximum Gasteiger partial charge on any atom is 0.0405 e. The molecule has 2 aromatic rings. The molecule has 108 valence electrons. The van der Waals surface area contributed by atoms with E-state index in [1.54, 1.807) is 0 Å². The van der Waals surface area contributed by atoms with Crippen LogP contribution < -0.4 is 0 Å². The lowest BCUT2D eigenvalue weighted by Crippen LogP contribution is -1.92. The Morgan fingerprint density at radius 3 is 1.50 bits per heavy atom. The fourth-order valence-corrected chi connectivity index (χ4v) is 1.92. The van der Waals surface area contributed by atoms with Crippen LogP contribution in [0.25, 0.3) is 0 Å². The van der Waals surface area contributed by atoms with E-state index in [1.807, 2.05) is 27.0 Å². The summed E-state index contributed by atoms with van der Waals surface area (Å²) in [4.78, 5) is 8.61. The van der Waals surface area contributed by atoms with E-state index in [1.165, 1.54) is 27.8 Å². The molecule has 0 aliphatic heterocycles. The summed E-state index contributed by atoms with van der Waals surface area (Å²) in [7, 11) is 0. The van der Waals surface area contributed by atoms with Crippen LogP contribution in [0.4, 0.5) is 0 Å². The van der Waals surface area contributed by atoms with Gasteiger partial charge in [0.2, 0.25) is 0 Å². The third kappa shape index (κ3) is 3.89. The van der Waals surface area contributed by atoms with E-state index in [0.717, 1.165) is 17.1 Å². The minimum atomic E-state index is 1.14. The van der Waals surface area contributed by atoms with E-state index in [0.29, 0.717) is 0 Å². The first-order valence-electron chi connectivity index (χ1n) is 7.05. The lowest BCUT2D eigenvalue weighted by Gasteiger charge is -2.05. The number of hydrogen-bond donors (Lipinski definition) is 0. The zero-order valence-corrected chi connectivity index (χ0v) is 14.0. The van der Waals surface area contributed by atoms with Gasteiger partial charge in [-0.05, 0) is 83.2 Å². The molecule has 0 atom stereocenters. The second-order valence-electron chi connectivity index (χ2n) is 5.57. The van der Waals surface area contributed by atoms with E-state index in [9.17, 15) is 0 Å². The summed E-state index contributed by atoms with van der Waals surface area (Å²) in [5.41, 5.74) is 9.95. The van der Waals surface area contributed by atoms with Crippen LogP contribution in [-0.2, 0) is 0 Å². The average Bonchev–Trinajstić information content (AvgIpc) is 2.39. The van der Waals surface area contributed by atoms with Crippen molar-refractivity contribution in [3.05, 3.63) is 57.2 Å². The third-order valence-electron chi connectivity index (χ3n) is 4.06. The van der Waals surface area contributed by atoms with E-state index in [4.69, 9.17) is 0 Å². The van der Waals surface area contributed by atoms with Crippen molar-refractivity contribution < 1.29 is 0 Å². The van der Waals surface area contributed by atoms with Gasteiger partial charge in [0.1, 0.15) is 0 Å². The molecule has 0 amide bonds. The van der Waals surface area contributed by atoms with Crippen molar-refractivity contribution in [3.63, 3.8) is 0 Å². The van der Waals surface area contributed by atoms with Crippen molar-refractivity contribution >= 4 is 0 Å². The fraction of sp³-hybridized carbons (Fsp3) is 0.444. The Morgan fingerprint density at radius 2 is 1.10 bits per heavy atom. The number of aromatic nitrogens is 2. The SMILES string of the molecule is Cc1cc(C)c(C)nc1C.Cc1cnc(C)c(C)c1C. The van der Waals surface area contributed by atoms with Gasteiger partial charge in [0.15, 0.2) is 0 Å². The lowest BCUT2D eigenvalue weighted by atomic mass is 10.1. The summed E-state index contributed by atoms with van der Waals surface area (Å²) < 4.78 is 0. The van der Waals surface area contributed by atoms with Crippen LogP contribution in [0, 0.1) is 55.4 Å². The second kappa shape index (κ2) is 6.65. The molecule has 0 aliphatic rings. The van der Waals surface area contributed by atoms with Crippen molar-refractivity contribution in [1.82, 2.24) is 9.97 Å². The quantitative estimate of drug-likeness (QED) is 0.697. The predicted molar refractivity (Wildman–Crippen MR) is 86.4 cm³/mol. The molecule has 0 N–H and O–H groups in total. The number of rotatable bonds is 0. The normalized spacial score (nSPS) is 10.0. The highest BCUT2D eigenvalue weighted by atomic mass is 14.7. The molecular formula is C18H26N2. The van der Waals surface area contributed by atoms with Gasteiger partial charge in [-0.3, -0.25) is 9.97 Å². The van der Waals surface area contributed by atoms with Gasteiger partial charge in [-0.25, -0.2) is 0 Å². The zero-order valence-electron chi connectivity index (χ0n) is 14.0. The van der Waals surface area contributed by atoms with E-state index < -0.39 is 0 Å². The Balaban J connectivity index is 0.000000200. The first-order chi connectivity index (χ1) is 9.23. The molecule has 2 heteroatoms. The summed E-state index contributed by atoms with van der Waals surface area (Å²) in [6.45, 7) is 16.7. The molecule has 2 aromatic heterocycles. The maximum atomic E-state index is 4.37. The van der Waals surface area contributed by atoms with Crippen LogP contribution >= 0.6 is 0 Å². The maximum absolute atomic E-state index is 4.37. The van der Waals surface area contributed by atoms with Crippen LogP contribution in [0.2, 0.25) is 0 Å². The number of hydrogen-bond acceptors (Lipinski definition) is 2. The number of aryl methyl sites for hydroxylation is 6. The topological polar surface area (TPSA) is 25.8 Å². The lowest BCUT2D eigenvalue weighted by molar-refractivity contribution is 1.06. The Labute approximate surface area is 123 Å². The van der Waals surface area contributed by atoms with E-state index in [2.05, 4.69) is 50.7 Å². The molecule has 2 nitrogen and oxygen atoms in total. The first kappa shape index (κ1) is 16.4. The van der Waals surface area contributed by atoms with Crippen molar-refractivity contribution in [2.24, 2.45) is 0 Å². The van der Waals surface area contributed by atoms with Gasteiger partial charge < -0.3 is 0 Å². The molecule has 0 aromatic carbocycles. The fourth-order valence-electron chi connectivity index (χ4n) is 1.92. The van der Waals surface area contributed by atoms with Gasteiger partial charge >= 0.3 is 0 Å². The monoisotopic (exact) mass is 270 g/mol. The largest absolute Gasteiger partial charge is 0.261 e. The highest BCUT2D eigenvalue weighted by molar-refractivity contribution is 5.32. The molecule has 0 saturated heterocycles. The number of pyridine rings is 2. The van der Waals surface area contributed by atoms with Gasteiger partial charge in [-0.1, -0.05) is 6.07 Å². The van der Waals surface area contributed by atoms with Crippen LogP contribution in [-0.4, -0.2) is 9.97 Å². The van der Waals surface area contributed by atoms with Crippen molar-refractivity contribution in [2.45, 2.75) is 55.4 Å². The van der Waals surface area contributed by atoms with Crippen LogP contribution in [0.1, 0.15) is 44.9 Å². The molecule has 20 heavy (non-hydrogen) atoms. The first-order valence-corrected chi connectivity index (χ1v) is 7.05. The van der Waals surface area contributed by atoms with Crippen LogP contribution in [0.5, 0.6) is 0 Å². The minimum Gasteiger partial charge on any atom is -0.261 e. The molecule has 2 heterocycles. The number of nitrogens with zero attached hydrogens (tertiary/aromatic N) is 2. The van der Waals surface area contributed by atoms with Gasteiger partial charge in [-0.15, -0.1) is 0 Å². The smallest absolute Gasteiger partial charge is 0.0405 e. The molecule has 0 saturated carbocycles. The standard InChI is InChI=1S/2C9H13N/c1-6-5-10-9(4)8(3)7(6)2;1-6-5-7(2)9(4)10-8(6)3/h2*5H,1-4H3. The molecule has 0 bridgehead atoms. The van der Waals surface area contributed by atoms with Crippen LogP contribution in [0.15, 0.2) is 12.3 Å². The zero-order chi connectivity index (χ0) is 15.4. The second-order valence-corrected chi connectivity index (χ2v) is 5.57.